The number of rotatable bonds is 5. The normalized spacial score (nSPS) is 23.2. The lowest BCUT2D eigenvalue weighted by Crippen LogP contribution is -2.35. The Morgan fingerprint density at radius 1 is 1.03 bits per heavy atom. The van der Waals surface area contributed by atoms with Gasteiger partial charge in [0.2, 0.25) is 6.29 Å². The molecule has 10 nitrogen and oxygen atoms in total. The standard InChI is InChI=1S/C21H20O10/c1-28-14-3-2-9(4-11(14)23)15-7-13(25)18-12(24)5-10(6-16(18)30-15)29-21-20(27)19(26)17(8-22)31-21/h2-7,17,19-24,26-27H,8H2,1H3/t17-,19+,20-,21-/m1/s1. The third kappa shape index (κ3) is 3.77. The first-order valence-electron chi connectivity index (χ1n) is 9.29. The van der Waals surface area contributed by atoms with Crippen LogP contribution in [0.1, 0.15) is 0 Å². The molecule has 10 heteroatoms. The average Bonchev–Trinajstić information content (AvgIpc) is 3.00. The Balaban J connectivity index is 1.72. The second-order valence-corrected chi connectivity index (χ2v) is 7.00. The number of aliphatic hydroxyl groups is 3. The summed E-state index contributed by atoms with van der Waals surface area (Å²) in [6.07, 6.45) is -5.12. The van der Waals surface area contributed by atoms with Crippen LogP contribution in [0.4, 0.5) is 0 Å². The Morgan fingerprint density at radius 2 is 1.81 bits per heavy atom. The van der Waals surface area contributed by atoms with Gasteiger partial charge in [-0.25, -0.2) is 0 Å². The van der Waals surface area contributed by atoms with E-state index in [0.29, 0.717) is 5.56 Å². The second kappa shape index (κ2) is 8.08. The molecule has 3 aromatic rings. The predicted octanol–water partition coefficient (Wildman–Crippen LogP) is 0.698. The molecule has 1 fully saturated rings. The topological polar surface area (TPSA) is 159 Å². The molecule has 31 heavy (non-hydrogen) atoms. The minimum Gasteiger partial charge on any atom is -0.507 e. The van der Waals surface area contributed by atoms with Crippen molar-refractivity contribution in [3.63, 3.8) is 0 Å². The number of hydrogen-bond donors (Lipinski definition) is 5. The van der Waals surface area contributed by atoms with E-state index >= 15 is 0 Å². The summed E-state index contributed by atoms with van der Waals surface area (Å²) in [5, 5.41) is 49.3. The molecule has 2 heterocycles. The molecule has 4 atom stereocenters. The molecule has 0 unspecified atom stereocenters. The third-order valence-electron chi connectivity index (χ3n) is 5.00. The summed E-state index contributed by atoms with van der Waals surface area (Å²) in [6, 6.07) is 8.10. The van der Waals surface area contributed by atoms with E-state index < -0.39 is 42.4 Å². The van der Waals surface area contributed by atoms with Crippen molar-refractivity contribution in [3.05, 3.63) is 46.6 Å². The maximum absolute atomic E-state index is 12.6. The zero-order valence-corrected chi connectivity index (χ0v) is 16.3. The van der Waals surface area contributed by atoms with Crippen LogP contribution < -0.4 is 14.9 Å². The molecule has 0 spiro atoms. The van der Waals surface area contributed by atoms with E-state index in [0.717, 1.165) is 6.07 Å². The van der Waals surface area contributed by atoms with E-state index in [1.807, 2.05) is 0 Å². The molecule has 1 aliphatic heterocycles. The van der Waals surface area contributed by atoms with Crippen molar-refractivity contribution in [2.75, 3.05) is 13.7 Å². The van der Waals surface area contributed by atoms with Gasteiger partial charge in [-0.2, -0.15) is 0 Å². The van der Waals surface area contributed by atoms with Crippen molar-refractivity contribution in [2.24, 2.45) is 0 Å². The SMILES string of the molecule is COc1ccc(-c2cc(=O)c3c(O)cc(O[C@@H]4O[C@H](CO)[C@H](O)[C@H]4O)cc3o2)cc1O. The number of hydrogen-bond acceptors (Lipinski definition) is 10. The monoisotopic (exact) mass is 432 g/mol. The quantitative estimate of drug-likeness (QED) is 0.388. The van der Waals surface area contributed by atoms with Crippen LogP contribution in [0.25, 0.3) is 22.3 Å². The van der Waals surface area contributed by atoms with Gasteiger partial charge in [-0.05, 0) is 18.2 Å². The van der Waals surface area contributed by atoms with E-state index in [-0.39, 0.29) is 34.0 Å². The molecule has 0 radical (unpaired) electrons. The minimum absolute atomic E-state index is 0.00211. The Morgan fingerprint density at radius 3 is 2.45 bits per heavy atom. The van der Waals surface area contributed by atoms with E-state index in [1.165, 1.54) is 31.4 Å². The average molecular weight is 432 g/mol. The largest absolute Gasteiger partial charge is 0.507 e. The molecule has 1 aromatic heterocycles. The van der Waals surface area contributed by atoms with Crippen LogP contribution in [-0.4, -0.2) is 63.9 Å². The summed E-state index contributed by atoms with van der Waals surface area (Å²) >= 11 is 0. The molecular formula is C21H20O10. The number of phenols is 2. The molecule has 1 saturated heterocycles. The summed E-state index contributed by atoms with van der Waals surface area (Å²) < 4.78 is 21.5. The van der Waals surface area contributed by atoms with Gasteiger partial charge in [0.1, 0.15) is 46.5 Å². The van der Waals surface area contributed by atoms with Gasteiger partial charge in [0, 0.05) is 23.8 Å². The Bertz CT molecular complexity index is 1170. The van der Waals surface area contributed by atoms with E-state index in [1.54, 1.807) is 6.07 Å². The Labute approximate surface area is 175 Å². The van der Waals surface area contributed by atoms with Gasteiger partial charge in [0.15, 0.2) is 16.9 Å². The fourth-order valence-electron chi connectivity index (χ4n) is 3.39. The van der Waals surface area contributed by atoms with Crippen molar-refractivity contribution >= 4 is 11.0 Å². The van der Waals surface area contributed by atoms with Crippen molar-refractivity contribution in [1.29, 1.82) is 0 Å². The van der Waals surface area contributed by atoms with Gasteiger partial charge < -0.3 is 44.2 Å². The molecule has 0 saturated carbocycles. The maximum atomic E-state index is 12.6. The molecule has 0 amide bonds. The van der Waals surface area contributed by atoms with Crippen LogP contribution in [0.3, 0.4) is 0 Å². The molecule has 164 valence electrons. The highest BCUT2D eigenvalue weighted by Gasteiger charge is 2.44. The molecular weight excluding hydrogens is 412 g/mol. The van der Waals surface area contributed by atoms with Crippen molar-refractivity contribution in [3.8, 4) is 34.3 Å². The number of benzene rings is 2. The van der Waals surface area contributed by atoms with Crippen LogP contribution >= 0.6 is 0 Å². The van der Waals surface area contributed by atoms with Gasteiger partial charge in [-0.15, -0.1) is 0 Å². The summed E-state index contributed by atoms with van der Waals surface area (Å²) in [5.74, 6) is -0.194. The Kier molecular flexibility index (Phi) is 5.46. The highest BCUT2D eigenvalue weighted by atomic mass is 16.7. The number of ether oxygens (including phenoxy) is 3. The van der Waals surface area contributed by atoms with E-state index in [2.05, 4.69) is 0 Å². The molecule has 0 bridgehead atoms. The van der Waals surface area contributed by atoms with Gasteiger partial charge in [0.05, 0.1) is 13.7 Å². The first kappa shape index (κ1) is 20.9. The fourth-order valence-corrected chi connectivity index (χ4v) is 3.39. The lowest BCUT2D eigenvalue weighted by molar-refractivity contribution is -0.116. The second-order valence-electron chi connectivity index (χ2n) is 7.00. The number of aliphatic hydroxyl groups excluding tert-OH is 3. The van der Waals surface area contributed by atoms with Gasteiger partial charge in [0.25, 0.3) is 0 Å². The predicted molar refractivity (Wildman–Crippen MR) is 106 cm³/mol. The molecule has 0 aliphatic carbocycles. The summed E-state index contributed by atoms with van der Waals surface area (Å²) in [7, 11) is 1.40. The zero-order valence-electron chi connectivity index (χ0n) is 16.3. The summed E-state index contributed by atoms with van der Waals surface area (Å²) in [4.78, 5) is 12.6. The van der Waals surface area contributed by atoms with E-state index in [4.69, 9.17) is 18.6 Å². The number of fused-ring (bicyclic) bond motifs is 1. The smallest absolute Gasteiger partial charge is 0.229 e. The van der Waals surface area contributed by atoms with Gasteiger partial charge in [-0.3, -0.25) is 4.79 Å². The lowest BCUT2D eigenvalue weighted by atomic mass is 10.1. The van der Waals surface area contributed by atoms with Crippen molar-refractivity contribution in [2.45, 2.75) is 24.6 Å². The van der Waals surface area contributed by atoms with Crippen LogP contribution in [0, 0.1) is 0 Å². The summed E-state index contributed by atoms with van der Waals surface area (Å²) in [5.41, 5.74) is -0.144. The highest BCUT2D eigenvalue weighted by molar-refractivity contribution is 5.86. The zero-order chi connectivity index (χ0) is 22.3. The molecule has 1 aliphatic rings. The van der Waals surface area contributed by atoms with Crippen molar-refractivity contribution in [1.82, 2.24) is 0 Å². The van der Waals surface area contributed by atoms with Gasteiger partial charge in [-0.1, -0.05) is 0 Å². The Hall–Kier alpha value is -3.31. The van der Waals surface area contributed by atoms with Crippen molar-refractivity contribution < 1.29 is 44.2 Å². The highest BCUT2D eigenvalue weighted by Crippen LogP contribution is 2.35. The van der Waals surface area contributed by atoms with E-state index in [9.17, 15) is 30.3 Å². The third-order valence-corrected chi connectivity index (χ3v) is 5.00. The number of methoxy groups -OCH3 is 1. The van der Waals surface area contributed by atoms with Gasteiger partial charge >= 0.3 is 0 Å². The van der Waals surface area contributed by atoms with Crippen LogP contribution in [0.5, 0.6) is 23.0 Å². The first-order chi connectivity index (χ1) is 14.8. The first-order valence-corrected chi connectivity index (χ1v) is 9.29. The molecule has 5 N–H and O–H groups in total. The number of aromatic hydroxyl groups is 2. The lowest BCUT2D eigenvalue weighted by Gasteiger charge is -2.17. The number of phenolic OH excluding ortho intramolecular Hbond substituents is 2. The minimum atomic E-state index is -1.43. The van der Waals surface area contributed by atoms with Crippen LogP contribution in [0.2, 0.25) is 0 Å². The maximum Gasteiger partial charge on any atom is 0.229 e. The summed E-state index contributed by atoms with van der Waals surface area (Å²) in [6.45, 7) is -0.520. The molecule has 2 aromatic carbocycles. The molecule has 4 rings (SSSR count). The fraction of sp³-hybridized carbons (Fsp3) is 0.286. The van der Waals surface area contributed by atoms with Crippen LogP contribution in [-0.2, 0) is 4.74 Å². The van der Waals surface area contributed by atoms with Crippen LogP contribution in [0.15, 0.2) is 45.6 Å².